The van der Waals surface area contributed by atoms with Crippen molar-refractivity contribution < 1.29 is 46.5 Å². The average Bonchev–Trinajstić information content (AvgIpc) is 3.57. The minimum absolute atomic E-state index is 0.0564. The highest BCUT2D eigenvalue weighted by Crippen LogP contribution is 2.29. The number of hydrogen-bond donors (Lipinski definition) is 2. The number of aliphatic hydroxyl groups excluding tert-OH is 2. The second kappa shape index (κ2) is 14.1. The predicted molar refractivity (Wildman–Crippen MR) is 148 cm³/mol. The lowest BCUT2D eigenvalue weighted by atomic mass is 10.0. The third kappa shape index (κ3) is 10.4. The smallest absolute Gasteiger partial charge is 0.410 e. The van der Waals surface area contributed by atoms with Crippen LogP contribution < -0.4 is 0 Å². The molecule has 234 valence electrons. The van der Waals surface area contributed by atoms with Crippen LogP contribution in [0.15, 0.2) is 35.2 Å². The molecule has 3 unspecified atom stereocenters. The molecule has 0 saturated carbocycles. The number of aliphatic hydroxyl groups is 2. The minimum Gasteiger partial charge on any atom is -0.444 e. The highest BCUT2D eigenvalue weighted by molar-refractivity contribution is 7.92. The molecule has 2 saturated heterocycles. The summed E-state index contributed by atoms with van der Waals surface area (Å²) in [7, 11) is -4.29. The Hall–Kier alpha value is -2.51. The molecule has 2 fully saturated rings. The lowest BCUT2D eigenvalue weighted by Crippen LogP contribution is -2.39. The van der Waals surface area contributed by atoms with Crippen molar-refractivity contribution in [1.29, 1.82) is 0 Å². The molecule has 0 aliphatic carbocycles. The van der Waals surface area contributed by atoms with Crippen LogP contribution in [-0.2, 0) is 19.3 Å². The van der Waals surface area contributed by atoms with Gasteiger partial charge in [-0.2, -0.15) is 0 Å². The van der Waals surface area contributed by atoms with Gasteiger partial charge in [-0.3, -0.25) is 0 Å². The van der Waals surface area contributed by atoms with Gasteiger partial charge < -0.3 is 29.5 Å². The van der Waals surface area contributed by atoms with Crippen LogP contribution in [0.1, 0.15) is 54.4 Å². The van der Waals surface area contributed by atoms with E-state index in [1.165, 1.54) is 34.1 Å². The van der Waals surface area contributed by atoms with E-state index in [1.807, 2.05) is 0 Å². The lowest BCUT2D eigenvalue weighted by molar-refractivity contribution is 0.0240. The second-order valence-corrected chi connectivity index (χ2v) is 14.4. The fourth-order valence-electron chi connectivity index (χ4n) is 4.42. The molecule has 0 radical (unpaired) electrons. The Balaban J connectivity index is 0.000000317. The summed E-state index contributed by atoms with van der Waals surface area (Å²) in [5, 5.41) is 19.5. The van der Waals surface area contributed by atoms with Crippen LogP contribution in [0.25, 0.3) is 0 Å². The van der Waals surface area contributed by atoms with Crippen LogP contribution in [0.5, 0.6) is 0 Å². The van der Waals surface area contributed by atoms with E-state index in [0.717, 1.165) is 0 Å². The SMILES string of the molecule is CC(C)(C)OC(=O)N1CC[C@H](C(O)C(F)S(=O)(=O)c2ccccc2)C1.CC(C)(C)OC(=O)N1CC[C@H](C(O)CF)C1. The molecule has 2 amide bonds. The first-order chi connectivity index (χ1) is 18.9. The number of likely N-dealkylation sites (tertiary alicyclic amines) is 2. The molecule has 2 aliphatic heterocycles. The van der Waals surface area contributed by atoms with Gasteiger partial charge in [-0.15, -0.1) is 0 Å². The topological polar surface area (TPSA) is 134 Å². The maximum absolute atomic E-state index is 14.5. The molecule has 3 rings (SSSR count). The largest absolute Gasteiger partial charge is 0.444 e. The molecule has 10 nitrogen and oxygen atoms in total. The standard InChI is InChI=1S/C17H24FNO5S.C11H20FNO3/c1-17(2,3)24-16(21)19-10-9-12(11-19)14(20)15(18)25(22,23)13-7-5-4-6-8-13;1-11(2,3)16-10(15)13-5-4-8(7-13)9(14)6-12/h4-8,12,14-15,20H,9-11H2,1-3H3;8-9,14H,4-7H2,1-3H3/t12-,14?,15?;8-,9?/m00/s1. The normalized spacial score (nSPS) is 21.9. The Morgan fingerprint density at radius 1 is 0.902 bits per heavy atom. The summed E-state index contributed by atoms with van der Waals surface area (Å²) < 4.78 is 61.8. The first-order valence-electron chi connectivity index (χ1n) is 13.7. The molecule has 1 aromatic rings. The number of sulfone groups is 1. The van der Waals surface area contributed by atoms with E-state index in [-0.39, 0.29) is 30.0 Å². The summed E-state index contributed by atoms with van der Waals surface area (Å²) in [6.45, 7) is 11.1. The summed E-state index contributed by atoms with van der Waals surface area (Å²) in [5.74, 6) is -0.835. The number of nitrogens with zero attached hydrogens (tertiary/aromatic N) is 2. The van der Waals surface area contributed by atoms with Gasteiger partial charge in [0.2, 0.25) is 15.3 Å². The molecular formula is C28H44F2N2O8S. The Morgan fingerprint density at radius 2 is 1.34 bits per heavy atom. The highest BCUT2D eigenvalue weighted by Gasteiger charge is 2.42. The van der Waals surface area contributed by atoms with Gasteiger partial charge in [0.1, 0.15) is 24.0 Å². The fraction of sp³-hybridized carbons (Fsp3) is 0.714. The van der Waals surface area contributed by atoms with Crippen molar-refractivity contribution in [2.24, 2.45) is 11.8 Å². The summed E-state index contributed by atoms with van der Waals surface area (Å²) in [4.78, 5) is 26.4. The maximum Gasteiger partial charge on any atom is 0.410 e. The molecule has 13 heteroatoms. The molecular weight excluding hydrogens is 562 g/mol. The first-order valence-corrected chi connectivity index (χ1v) is 15.2. The van der Waals surface area contributed by atoms with Gasteiger partial charge in [-0.1, -0.05) is 18.2 Å². The number of carbonyl (C=O) groups is 2. The predicted octanol–water partition coefficient (Wildman–Crippen LogP) is 3.95. The quantitative estimate of drug-likeness (QED) is 0.498. The Morgan fingerprint density at radius 3 is 1.78 bits per heavy atom. The van der Waals surface area contributed by atoms with Crippen molar-refractivity contribution in [1.82, 2.24) is 9.80 Å². The van der Waals surface area contributed by atoms with Crippen LogP contribution in [0.3, 0.4) is 0 Å². The number of benzene rings is 1. The molecule has 5 atom stereocenters. The van der Waals surface area contributed by atoms with E-state index in [9.17, 15) is 37.0 Å². The van der Waals surface area contributed by atoms with Crippen molar-refractivity contribution in [3.8, 4) is 0 Å². The highest BCUT2D eigenvalue weighted by atomic mass is 32.2. The van der Waals surface area contributed by atoms with Gasteiger partial charge in [0.25, 0.3) is 0 Å². The Kier molecular flexibility index (Phi) is 11.9. The van der Waals surface area contributed by atoms with Crippen molar-refractivity contribution in [3.63, 3.8) is 0 Å². The van der Waals surface area contributed by atoms with E-state index < -0.39 is 57.4 Å². The van der Waals surface area contributed by atoms with Crippen molar-refractivity contribution in [3.05, 3.63) is 30.3 Å². The van der Waals surface area contributed by atoms with Crippen molar-refractivity contribution in [2.75, 3.05) is 32.9 Å². The van der Waals surface area contributed by atoms with Crippen LogP contribution in [0, 0.1) is 11.8 Å². The van der Waals surface area contributed by atoms with Crippen molar-refractivity contribution >= 4 is 22.0 Å². The van der Waals surface area contributed by atoms with E-state index >= 15 is 0 Å². The van der Waals surface area contributed by atoms with E-state index in [2.05, 4.69) is 0 Å². The van der Waals surface area contributed by atoms with Crippen LogP contribution in [0.4, 0.5) is 18.4 Å². The average molecular weight is 607 g/mol. The van der Waals surface area contributed by atoms with Gasteiger partial charge in [0.15, 0.2) is 0 Å². The molecule has 0 aromatic heterocycles. The fourth-order valence-corrected chi connectivity index (χ4v) is 5.80. The molecule has 1 aromatic carbocycles. The molecule has 2 heterocycles. The number of amides is 2. The number of rotatable bonds is 6. The molecule has 2 N–H and O–H groups in total. The number of hydrogen-bond acceptors (Lipinski definition) is 8. The molecule has 0 bridgehead atoms. The third-order valence-corrected chi connectivity index (χ3v) is 8.38. The Bertz CT molecular complexity index is 1110. The summed E-state index contributed by atoms with van der Waals surface area (Å²) in [6.07, 6.45) is -2.68. The zero-order valence-electron chi connectivity index (χ0n) is 24.6. The third-order valence-electron chi connectivity index (χ3n) is 6.57. The number of carbonyl (C=O) groups excluding carboxylic acids is 2. The van der Waals surface area contributed by atoms with Crippen molar-refractivity contribution in [2.45, 2.75) is 88.2 Å². The molecule has 41 heavy (non-hydrogen) atoms. The monoisotopic (exact) mass is 606 g/mol. The zero-order chi connectivity index (χ0) is 31.2. The Labute approximate surface area is 241 Å². The van der Waals surface area contributed by atoms with E-state index in [4.69, 9.17) is 9.47 Å². The van der Waals surface area contributed by atoms with E-state index in [1.54, 1.807) is 47.6 Å². The van der Waals surface area contributed by atoms with Gasteiger partial charge in [-0.05, 0) is 66.5 Å². The summed E-state index contributed by atoms with van der Waals surface area (Å²) in [5.41, 5.74) is -3.63. The van der Waals surface area contributed by atoms with Gasteiger partial charge >= 0.3 is 12.2 Å². The summed E-state index contributed by atoms with van der Waals surface area (Å²) in [6, 6.07) is 7.18. The molecule has 0 spiro atoms. The second-order valence-electron chi connectivity index (χ2n) is 12.4. The minimum atomic E-state index is -4.29. The number of alkyl halides is 2. The van der Waals surface area contributed by atoms with E-state index in [0.29, 0.717) is 25.9 Å². The van der Waals surface area contributed by atoms with Gasteiger partial charge in [0, 0.05) is 38.0 Å². The zero-order valence-corrected chi connectivity index (χ0v) is 25.4. The maximum atomic E-state index is 14.5. The summed E-state index contributed by atoms with van der Waals surface area (Å²) >= 11 is 0. The van der Waals surface area contributed by atoms with Crippen LogP contribution >= 0.6 is 0 Å². The molecule has 2 aliphatic rings. The van der Waals surface area contributed by atoms with Crippen LogP contribution in [0.2, 0.25) is 0 Å². The van der Waals surface area contributed by atoms with Crippen LogP contribution in [-0.4, -0.2) is 102 Å². The lowest BCUT2D eigenvalue weighted by Gasteiger charge is -2.25. The number of halogens is 2. The van der Waals surface area contributed by atoms with Gasteiger partial charge in [0.05, 0.1) is 11.0 Å². The number of ether oxygens (including phenoxy) is 2. The van der Waals surface area contributed by atoms with Gasteiger partial charge in [-0.25, -0.2) is 26.8 Å². The first kappa shape index (κ1) is 34.7.